The summed E-state index contributed by atoms with van der Waals surface area (Å²) in [7, 11) is 0. The van der Waals surface area contributed by atoms with Crippen molar-refractivity contribution >= 4 is 11.7 Å². The molecule has 0 saturated heterocycles. The van der Waals surface area contributed by atoms with Crippen molar-refractivity contribution in [2.24, 2.45) is 0 Å². The maximum absolute atomic E-state index is 12.1. The lowest BCUT2D eigenvalue weighted by molar-refractivity contribution is -0.116. The Bertz CT molecular complexity index is 775. The molecule has 0 aliphatic heterocycles. The van der Waals surface area contributed by atoms with Crippen LogP contribution in [0.2, 0.25) is 0 Å². The van der Waals surface area contributed by atoms with Crippen molar-refractivity contribution in [2.75, 3.05) is 5.32 Å². The number of anilines is 1. The summed E-state index contributed by atoms with van der Waals surface area (Å²) in [6.07, 6.45) is 3.75. The van der Waals surface area contributed by atoms with E-state index >= 15 is 0 Å². The van der Waals surface area contributed by atoms with E-state index in [1.165, 1.54) is 4.68 Å². The molecular weight excluding hydrogens is 282 g/mol. The molecule has 0 saturated carbocycles. The predicted molar refractivity (Wildman–Crippen MR) is 82.3 cm³/mol. The normalized spacial score (nSPS) is 13.2. The van der Waals surface area contributed by atoms with E-state index in [9.17, 15) is 9.59 Å². The first kappa shape index (κ1) is 14.5. The number of H-pyrrole nitrogens is 1. The molecule has 2 aromatic rings. The van der Waals surface area contributed by atoms with Crippen molar-refractivity contribution < 1.29 is 4.79 Å². The Balaban J connectivity index is 2.00. The van der Waals surface area contributed by atoms with E-state index < -0.39 is 0 Å². The highest BCUT2D eigenvalue weighted by molar-refractivity contribution is 5.90. The van der Waals surface area contributed by atoms with E-state index in [0.29, 0.717) is 18.2 Å². The van der Waals surface area contributed by atoms with Gasteiger partial charge in [0.25, 0.3) is 5.56 Å². The van der Waals surface area contributed by atoms with Gasteiger partial charge in [0.15, 0.2) is 0 Å². The second kappa shape index (κ2) is 5.75. The van der Waals surface area contributed by atoms with Gasteiger partial charge in [0.05, 0.1) is 11.4 Å². The molecule has 0 aromatic carbocycles. The Labute approximate surface area is 127 Å². The molecule has 116 valence electrons. The SMILES string of the molecule is CCCC(=O)Nc1cc(C)nn1-c1nc2c(c(=O)[nH]1)CCC2. The van der Waals surface area contributed by atoms with E-state index in [4.69, 9.17) is 0 Å². The van der Waals surface area contributed by atoms with Crippen LogP contribution in [0.15, 0.2) is 10.9 Å². The van der Waals surface area contributed by atoms with Gasteiger partial charge in [-0.1, -0.05) is 6.92 Å². The van der Waals surface area contributed by atoms with Gasteiger partial charge in [0.2, 0.25) is 11.9 Å². The molecule has 2 heterocycles. The van der Waals surface area contributed by atoms with Crippen LogP contribution in [0.5, 0.6) is 0 Å². The van der Waals surface area contributed by atoms with Crippen LogP contribution in [-0.2, 0) is 17.6 Å². The topological polar surface area (TPSA) is 92.7 Å². The minimum Gasteiger partial charge on any atom is -0.310 e. The standard InChI is InChI=1S/C15H19N5O2/c1-3-5-13(21)17-12-8-9(2)19-20(12)15-16-11-7-4-6-10(11)14(22)18-15/h8H,3-7H2,1-2H3,(H,17,21)(H,16,18,22). The lowest BCUT2D eigenvalue weighted by atomic mass is 10.3. The number of carbonyl (C=O) groups excluding carboxylic acids is 1. The molecule has 0 radical (unpaired) electrons. The molecule has 3 rings (SSSR count). The molecule has 1 aliphatic rings. The molecule has 0 bridgehead atoms. The van der Waals surface area contributed by atoms with Gasteiger partial charge in [-0.25, -0.2) is 4.98 Å². The lowest BCUT2D eigenvalue weighted by Crippen LogP contribution is -2.21. The zero-order valence-electron chi connectivity index (χ0n) is 12.8. The summed E-state index contributed by atoms with van der Waals surface area (Å²) in [4.78, 5) is 31.2. The molecule has 22 heavy (non-hydrogen) atoms. The van der Waals surface area contributed by atoms with Gasteiger partial charge < -0.3 is 5.32 Å². The Morgan fingerprint density at radius 1 is 1.45 bits per heavy atom. The van der Waals surface area contributed by atoms with Gasteiger partial charge in [-0.15, -0.1) is 0 Å². The van der Waals surface area contributed by atoms with Gasteiger partial charge in [-0.05, 0) is 32.6 Å². The lowest BCUT2D eigenvalue weighted by Gasteiger charge is -2.08. The number of aromatic amines is 1. The summed E-state index contributed by atoms with van der Waals surface area (Å²) in [6, 6.07) is 1.76. The Kier molecular flexibility index (Phi) is 3.79. The average Bonchev–Trinajstić information content (AvgIpc) is 3.05. The van der Waals surface area contributed by atoms with E-state index in [2.05, 4.69) is 20.4 Å². The first-order valence-electron chi connectivity index (χ1n) is 7.57. The summed E-state index contributed by atoms with van der Waals surface area (Å²) in [5.41, 5.74) is 2.23. The third kappa shape index (κ3) is 2.66. The average molecular weight is 301 g/mol. The fraction of sp³-hybridized carbons (Fsp3) is 0.467. The van der Waals surface area contributed by atoms with Gasteiger partial charge in [-0.2, -0.15) is 9.78 Å². The second-order valence-electron chi connectivity index (χ2n) is 5.55. The van der Waals surface area contributed by atoms with Gasteiger partial charge in [0.1, 0.15) is 5.82 Å². The number of nitrogens with zero attached hydrogens (tertiary/aromatic N) is 3. The second-order valence-corrected chi connectivity index (χ2v) is 5.55. The molecule has 0 unspecified atom stereocenters. The molecule has 0 fully saturated rings. The summed E-state index contributed by atoms with van der Waals surface area (Å²) in [6.45, 7) is 3.78. The van der Waals surface area contributed by atoms with Crippen molar-refractivity contribution in [1.82, 2.24) is 19.7 Å². The third-order valence-electron chi connectivity index (χ3n) is 3.71. The first-order chi connectivity index (χ1) is 10.6. The molecule has 7 nitrogen and oxygen atoms in total. The fourth-order valence-corrected chi connectivity index (χ4v) is 2.71. The van der Waals surface area contributed by atoms with Gasteiger partial charge in [-0.3, -0.25) is 14.6 Å². The molecule has 7 heteroatoms. The summed E-state index contributed by atoms with van der Waals surface area (Å²) in [5.74, 6) is 0.801. The molecule has 1 aliphatic carbocycles. The predicted octanol–water partition coefficient (Wildman–Crippen LogP) is 1.49. The molecule has 0 atom stereocenters. The first-order valence-corrected chi connectivity index (χ1v) is 7.57. The van der Waals surface area contributed by atoms with Crippen LogP contribution in [0, 0.1) is 6.92 Å². The number of nitrogens with one attached hydrogen (secondary N) is 2. The van der Waals surface area contributed by atoms with Crippen LogP contribution < -0.4 is 10.9 Å². The maximum atomic E-state index is 12.1. The van der Waals surface area contributed by atoms with E-state index in [-0.39, 0.29) is 11.5 Å². The van der Waals surface area contributed by atoms with Crippen molar-refractivity contribution in [1.29, 1.82) is 0 Å². The number of aromatic nitrogens is 4. The third-order valence-corrected chi connectivity index (χ3v) is 3.71. The minimum atomic E-state index is -0.114. The van der Waals surface area contributed by atoms with Crippen molar-refractivity contribution in [2.45, 2.75) is 46.0 Å². The highest BCUT2D eigenvalue weighted by Crippen LogP contribution is 2.19. The highest BCUT2D eigenvalue weighted by Gasteiger charge is 2.19. The zero-order chi connectivity index (χ0) is 15.7. The minimum absolute atomic E-state index is 0.0767. The fourth-order valence-electron chi connectivity index (χ4n) is 2.71. The Morgan fingerprint density at radius 3 is 3.05 bits per heavy atom. The number of rotatable bonds is 4. The van der Waals surface area contributed by atoms with Crippen molar-refractivity contribution in [3.05, 3.63) is 33.4 Å². The van der Waals surface area contributed by atoms with Gasteiger partial charge >= 0.3 is 0 Å². The molecular formula is C15H19N5O2. The quantitative estimate of drug-likeness (QED) is 0.895. The number of aryl methyl sites for hydroxylation is 2. The summed E-state index contributed by atoms with van der Waals surface area (Å²) in [5, 5.41) is 7.15. The van der Waals surface area contributed by atoms with E-state index in [1.54, 1.807) is 6.07 Å². The van der Waals surface area contributed by atoms with E-state index in [0.717, 1.165) is 42.6 Å². The Hall–Kier alpha value is -2.44. The largest absolute Gasteiger partial charge is 0.310 e. The van der Waals surface area contributed by atoms with Crippen LogP contribution in [0.3, 0.4) is 0 Å². The summed E-state index contributed by atoms with van der Waals surface area (Å²) >= 11 is 0. The highest BCUT2D eigenvalue weighted by atomic mass is 16.1. The molecule has 2 N–H and O–H groups in total. The molecule has 0 spiro atoms. The number of fused-ring (bicyclic) bond motifs is 1. The van der Waals surface area contributed by atoms with Crippen LogP contribution >= 0.6 is 0 Å². The number of hydrogen-bond acceptors (Lipinski definition) is 4. The Morgan fingerprint density at radius 2 is 2.27 bits per heavy atom. The molecule has 1 amide bonds. The number of amides is 1. The zero-order valence-corrected chi connectivity index (χ0v) is 12.8. The molecule has 2 aromatic heterocycles. The van der Waals surface area contributed by atoms with Gasteiger partial charge in [0, 0.05) is 18.1 Å². The van der Waals surface area contributed by atoms with Crippen LogP contribution in [-0.4, -0.2) is 25.7 Å². The van der Waals surface area contributed by atoms with Crippen LogP contribution in [0.4, 0.5) is 5.82 Å². The van der Waals surface area contributed by atoms with Crippen LogP contribution in [0.25, 0.3) is 5.95 Å². The summed E-state index contributed by atoms with van der Waals surface area (Å²) < 4.78 is 1.49. The number of carbonyl (C=O) groups is 1. The van der Waals surface area contributed by atoms with Crippen molar-refractivity contribution in [3.63, 3.8) is 0 Å². The smallest absolute Gasteiger partial charge is 0.255 e. The van der Waals surface area contributed by atoms with Crippen LogP contribution in [0.1, 0.15) is 43.1 Å². The number of hydrogen-bond donors (Lipinski definition) is 2. The maximum Gasteiger partial charge on any atom is 0.255 e. The van der Waals surface area contributed by atoms with Crippen molar-refractivity contribution in [3.8, 4) is 5.95 Å². The monoisotopic (exact) mass is 301 g/mol. The van der Waals surface area contributed by atoms with E-state index in [1.807, 2.05) is 13.8 Å².